The van der Waals surface area contributed by atoms with Crippen LogP contribution >= 0.6 is 36.4 Å². The molecule has 0 radical (unpaired) electrons. The van der Waals surface area contributed by atoms with Gasteiger partial charge in [-0.1, -0.05) is 24.2 Å². The van der Waals surface area contributed by atoms with E-state index >= 15 is 0 Å². The summed E-state index contributed by atoms with van der Waals surface area (Å²) in [5, 5.41) is 0.669. The molecule has 0 spiro atoms. The minimum Gasteiger partial charge on any atom is -0.440 e. The average Bonchev–Trinajstić information content (AvgIpc) is 1.93. The third-order valence-corrected chi connectivity index (χ3v) is 1.45. The van der Waals surface area contributed by atoms with Gasteiger partial charge in [0, 0.05) is 5.02 Å². The lowest BCUT2D eigenvalue weighted by atomic mass is 10.3. The van der Waals surface area contributed by atoms with Crippen LogP contribution in [0.4, 0.5) is 0 Å². The van der Waals surface area contributed by atoms with E-state index in [0.717, 1.165) is 0 Å². The summed E-state index contributed by atoms with van der Waals surface area (Å²) in [5.74, 6) is 0.648. The minimum atomic E-state index is 0.201. The van der Waals surface area contributed by atoms with Crippen molar-refractivity contribution in [1.29, 1.82) is 0 Å². The van der Waals surface area contributed by atoms with Gasteiger partial charge in [0.15, 0.2) is 0 Å². The zero-order valence-corrected chi connectivity index (χ0v) is 7.92. The first-order valence-corrected chi connectivity index (χ1v) is 4.08. The van der Waals surface area contributed by atoms with Gasteiger partial charge in [0.25, 0.3) is 0 Å². The molecule has 0 saturated carbocycles. The lowest BCUT2D eigenvalue weighted by Gasteiger charge is -2.00. The normalized spacial score (nSPS) is 9.27. The van der Waals surface area contributed by atoms with Crippen LogP contribution in [0.25, 0.3) is 0 Å². The van der Waals surface area contributed by atoms with E-state index in [9.17, 15) is 0 Å². The molecule has 0 saturated heterocycles. The zero-order valence-electron chi connectivity index (χ0n) is 5.45. The number of benzene rings is 1. The average molecular weight is 205 g/mol. The molecule has 1 nitrogen and oxygen atoms in total. The van der Waals surface area contributed by atoms with Crippen molar-refractivity contribution in [3.63, 3.8) is 0 Å². The molecule has 1 aromatic carbocycles. The molecule has 0 aliphatic carbocycles. The Morgan fingerprint density at radius 2 is 1.91 bits per heavy atom. The van der Waals surface area contributed by atoms with Crippen LogP contribution in [-0.4, -0.2) is 4.38 Å². The van der Waals surface area contributed by atoms with Crippen LogP contribution in [0.15, 0.2) is 24.3 Å². The highest BCUT2D eigenvalue weighted by atomic mass is 35.5. The molecule has 0 atom stereocenters. The van der Waals surface area contributed by atoms with Gasteiger partial charge in [-0.15, -0.1) is 0 Å². The van der Waals surface area contributed by atoms with Gasteiger partial charge < -0.3 is 4.74 Å². The van der Waals surface area contributed by atoms with E-state index < -0.39 is 0 Å². The van der Waals surface area contributed by atoms with Crippen molar-refractivity contribution in [3.05, 3.63) is 29.3 Å². The molecule has 0 unspecified atom stereocenters. The Labute approximate surface area is 80.7 Å². The quantitative estimate of drug-likeness (QED) is 0.557. The fourth-order valence-electron chi connectivity index (χ4n) is 0.603. The Kier molecular flexibility index (Phi) is 3.17. The molecule has 1 rings (SSSR count). The largest absolute Gasteiger partial charge is 0.440 e. The predicted molar refractivity (Wildman–Crippen MR) is 53.7 cm³/mol. The summed E-state index contributed by atoms with van der Waals surface area (Å²) in [6.07, 6.45) is 0. The molecule has 0 bridgehead atoms. The van der Waals surface area contributed by atoms with Crippen LogP contribution in [0.3, 0.4) is 0 Å². The predicted octanol–water partition coefficient (Wildman–Crippen LogP) is 2.93. The molecular formula is C7H5ClOS2. The maximum absolute atomic E-state index is 5.64. The Bertz CT molecular complexity index is 258. The molecule has 58 valence electrons. The van der Waals surface area contributed by atoms with Crippen molar-refractivity contribution in [1.82, 2.24) is 0 Å². The molecule has 0 aromatic heterocycles. The third kappa shape index (κ3) is 3.10. The van der Waals surface area contributed by atoms with Gasteiger partial charge in [0.1, 0.15) is 5.75 Å². The topological polar surface area (TPSA) is 9.23 Å². The van der Waals surface area contributed by atoms with E-state index in [-0.39, 0.29) is 4.38 Å². The van der Waals surface area contributed by atoms with Crippen molar-refractivity contribution in [2.24, 2.45) is 0 Å². The SMILES string of the molecule is S=C(S)Oc1ccc(Cl)cc1. The number of thiol groups is 1. The van der Waals surface area contributed by atoms with Crippen LogP contribution in [0.5, 0.6) is 5.75 Å². The van der Waals surface area contributed by atoms with Crippen LogP contribution in [0.1, 0.15) is 0 Å². The molecule has 0 heterocycles. The monoisotopic (exact) mass is 204 g/mol. The maximum Gasteiger partial charge on any atom is 0.222 e. The fraction of sp³-hybridized carbons (Fsp3) is 0. The van der Waals surface area contributed by atoms with Crippen LogP contribution < -0.4 is 4.74 Å². The number of hydrogen-bond donors (Lipinski definition) is 1. The molecule has 0 aliphatic heterocycles. The number of thiocarbonyl (C=S) groups is 1. The molecule has 11 heavy (non-hydrogen) atoms. The standard InChI is InChI=1S/C7H5ClOS2/c8-5-1-3-6(4-2-5)9-7(10)11/h1-4H,(H,10,11). The lowest BCUT2D eigenvalue weighted by molar-refractivity contribution is 0.580. The molecule has 4 heteroatoms. The minimum absolute atomic E-state index is 0.201. The van der Waals surface area contributed by atoms with Gasteiger partial charge >= 0.3 is 0 Å². The first-order chi connectivity index (χ1) is 5.18. The van der Waals surface area contributed by atoms with Gasteiger partial charge in [-0.3, -0.25) is 0 Å². The maximum atomic E-state index is 5.64. The summed E-state index contributed by atoms with van der Waals surface area (Å²) in [6.45, 7) is 0. The highest BCUT2D eigenvalue weighted by Crippen LogP contribution is 2.16. The highest BCUT2D eigenvalue weighted by Gasteiger charge is 1.93. The number of halogens is 1. The summed E-state index contributed by atoms with van der Waals surface area (Å²) < 4.78 is 5.21. The van der Waals surface area contributed by atoms with Gasteiger partial charge in [-0.25, -0.2) is 0 Å². The van der Waals surface area contributed by atoms with E-state index in [1.165, 1.54) is 0 Å². The van der Waals surface area contributed by atoms with Crippen LogP contribution in [0, 0.1) is 0 Å². The number of hydrogen-bond acceptors (Lipinski definition) is 2. The smallest absolute Gasteiger partial charge is 0.222 e. The number of ether oxygens (including phenoxy) is 1. The van der Waals surface area contributed by atoms with E-state index in [1.807, 2.05) is 0 Å². The molecule has 1 aromatic rings. The zero-order chi connectivity index (χ0) is 8.27. The summed E-state index contributed by atoms with van der Waals surface area (Å²) in [7, 11) is 0. The fourth-order valence-corrected chi connectivity index (χ4v) is 0.931. The highest BCUT2D eigenvalue weighted by molar-refractivity contribution is 8.10. The summed E-state index contributed by atoms with van der Waals surface area (Å²) in [5.41, 5.74) is 0. The molecule has 0 amide bonds. The number of rotatable bonds is 1. The van der Waals surface area contributed by atoms with E-state index in [1.54, 1.807) is 24.3 Å². The van der Waals surface area contributed by atoms with Crippen LogP contribution in [-0.2, 0) is 0 Å². The third-order valence-electron chi connectivity index (χ3n) is 1.02. The summed E-state index contributed by atoms with van der Waals surface area (Å²) in [4.78, 5) is 0. The Morgan fingerprint density at radius 3 is 2.36 bits per heavy atom. The molecule has 0 aliphatic rings. The second kappa shape index (κ2) is 3.95. The summed E-state index contributed by atoms with van der Waals surface area (Å²) in [6, 6.07) is 6.90. The van der Waals surface area contributed by atoms with Crippen molar-refractivity contribution < 1.29 is 4.74 Å². The first kappa shape index (κ1) is 8.84. The van der Waals surface area contributed by atoms with Crippen LogP contribution in [0.2, 0.25) is 5.02 Å². The second-order valence-corrected chi connectivity index (χ2v) is 3.34. The van der Waals surface area contributed by atoms with Crippen molar-refractivity contribution in [2.45, 2.75) is 0 Å². The Hall–Kier alpha value is -0.250. The van der Waals surface area contributed by atoms with Gasteiger partial charge in [-0.05, 0) is 36.5 Å². The second-order valence-electron chi connectivity index (χ2n) is 1.82. The van der Waals surface area contributed by atoms with E-state index in [4.69, 9.17) is 16.3 Å². The van der Waals surface area contributed by atoms with Gasteiger partial charge in [-0.2, -0.15) is 0 Å². The van der Waals surface area contributed by atoms with E-state index in [0.29, 0.717) is 10.8 Å². The lowest BCUT2D eigenvalue weighted by Crippen LogP contribution is -1.94. The van der Waals surface area contributed by atoms with Gasteiger partial charge in [0.2, 0.25) is 4.38 Å². The van der Waals surface area contributed by atoms with Crippen molar-refractivity contribution >= 4 is 40.8 Å². The Morgan fingerprint density at radius 1 is 1.36 bits per heavy atom. The molecule has 0 N–H and O–H groups in total. The molecule has 0 fully saturated rings. The van der Waals surface area contributed by atoms with Crippen molar-refractivity contribution in [3.8, 4) is 5.75 Å². The Balaban J connectivity index is 2.74. The molecular weight excluding hydrogens is 200 g/mol. The first-order valence-electron chi connectivity index (χ1n) is 2.85. The summed E-state index contributed by atoms with van der Waals surface area (Å²) >= 11 is 14.1. The van der Waals surface area contributed by atoms with E-state index in [2.05, 4.69) is 24.8 Å². The van der Waals surface area contributed by atoms with Gasteiger partial charge in [0.05, 0.1) is 0 Å². The van der Waals surface area contributed by atoms with Crippen molar-refractivity contribution in [2.75, 3.05) is 0 Å².